The van der Waals surface area contributed by atoms with Crippen LogP contribution < -0.4 is 9.47 Å². The number of halogens is 1. The molecule has 0 aliphatic carbocycles. The summed E-state index contributed by atoms with van der Waals surface area (Å²) in [5, 5.41) is 0. The molecule has 1 heterocycles. The van der Waals surface area contributed by atoms with Crippen LogP contribution in [0.2, 0.25) is 0 Å². The molecule has 2 rings (SSSR count). The molecule has 1 atom stereocenters. The summed E-state index contributed by atoms with van der Waals surface area (Å²) in [5.41, 5.74) is 0.561. The molecule has 104 valence electrons. The van der Waals surface area contributed by atoms with Crippen LogP contribution in [0.5, 0.6) is 11.5 Å². The van der Waals surface area contributed by atoms with Gasteiger partial charge in [-0.3, -0.25) is 4.79 Å². The lowest BCUT2D eigenvalue weighted by Crippen LogP contribution is -2.13. The lowest BCUT2D eigenvalue weighted by atomic mass is 10.0. The van der Waals surface area contributed by atoms with Crippen LogP contribution in [-0.2, 0) is 4.74 Å². The van der Waals surface area contributed by atoms with Crippen LogP contribution in [0.1, 0.15) is 29.6 Å². The van der Waals surface area contributed by atoms with Crippen LogP contribution in [0.4, 0.5) is 0 Å². The third-order valence-electron chi connectivity index (χ3n) is 3.22. The van der Waals surface area contributed by atoms with E-state index in [1.54, 1.807) is 26.4 Å². The van der Waals surface area contributed by atoms with E-state index in [-0.39, 0.29) is 11.9 Å². The first-order chi connectivity index (χ1) is 9.17. The van der Waals surface area contributed by atoms with Gasteiger partial charge in [0.15, 0.2) is 5.78 Å². The number of hydrogen-bond donors (Lipinski definition) is 0. The minimum atomic E-state index is 0.0344. The van der Waals surface area contributed by atoms with E-state index < -0.39 is 0 Å². The highest BCUT2D eigenvalue weighted by Crippen LogP contribution is 2.38. The maximum atomic E-state index is 12.3. The predicted octanol–water partition coefficient (Wildman–Crippen LogP) is 3.22. The summed E-state index contributed by atoms with van der Waals surface area (Å²) in [7, 11) is 3.12. The Morgan fingerprint density at radius 1 is 1.42 bits per heavy atom. The SMILES string of the molecule is COc1ccc(C(=O)CC2CCCO2)c(OC)c1Br. The molecule has 0 spiro atoms. The molecule has 1 saturated heterocycles. The fourth-order valence-electron chi connectivity index (χ4n) is 2.24. The van der Waals surface area contributed by atoms with E-state index in [1.165, 1.54) is 0 Å². The summed E-state index contributed by atoms with van der Waals surface area (Å²) >= 11 is 3.40. The molecule has 1 unspecified atom stereocenters. The molecule has 0 aromatic heterocycles. The molecule has 4 nitrogen and oxygen atoms in total. The van der Waals surface area contributed by atoms with Gasteiger partial charge in [-0.15, -0.1) is 0 Å². The quantitative estimate of drug-likeness (QED) is 0.778. The maximum absolute atomic E-state index is 12.3. The van der Waals surface area contributed by atoms with Crippen molar-refractivity contribution in [3.8, 4) is 11.5 Å². The van der Waals surface area contributed by atoms with Crippen LogP contribution in [0.15, 0.2) is 16.6 Å². The van der Waals surface area contributed by atoms with Gasteiger partial charge in [0.1, 0.15) is 16.0 Å². The summed E-state index contributed by atoms with van der Waals surface area (Å²) in [4.78, 5) is 12.3. The van der Waals surface area contributed by atoms with Gasteiger partial charge in [-0.25, -0.2) is 0 Å². The first-order valence-electron chi connectivity index (χ1n) is 6.22. The van der Waals surface area contributed by atoms with Gasteiger partial charge in [0.05, 0.1) is 25.9 Å². The fourth-order valence-corrected chi connectivity index (χ4v) is 2.91. The first-order valence-corrected chi connectivity index (χ1v) is 7.02. The third kappa shape index (κ3) is 3.09. The van der Waals surface area contributed by atoms with Crippen LogP contribution in [0, 0.1) is 0 Å². The molecule has 1 aliphatic rings. The van der Waals surface area contributed by atoms with E-state index in [2.05, 4.69) is 15.9 Å². The second kappa shape index (κ2) is 6.39. The van der Waals surface area contributed by atoms with E-state index in [1.807, 2.05) is 0 Å². The highest BCUT2D eigenvalue weighted by atomic mass is 79.9. The van der Waals surface area contributed by atoms with E-state index in [9.17, 15) is 4.79 Å². The van der Waals surface area contributed by atoms with Gasteiger partial charge in [0.2, 0.25) is 0 Å². The zero-order valence-electron chi connectivity index (χ0n) is 11.1. The van der Waals surface area contributed by atoms with Crippen molar-refractivity contribution in [1.82, 2.24) is 0 Å². The summed E-state index contributed by atoms with van der Waals surface area (Å²) in [6.45, 7) is 0.751. The Labute approximate surface area is 121 Å². The molecule has 19 heavy (non-hydrogen) atoms. The van der Waals surface area contributed by atoms with Gasteiger partial charge >= 0.3 is 0 Å². The van der Waals surface area contributed by atoms with Crippen LogP contribution in [-0.4, -0.2) is 32.7 Å². The summed E-state index contributed by atoms with van der Waals surface area (Å²) < 4.78 is 16.7. The van der Waals surface area contributed by atoms with E-state index in [0.717, 1.165) is 19.4 Å². The Balaban J connectivity index is 2.23. The van der Waals surface area contributed by atoms with Crippen LogP contribution in [0.25, 0.3) is 0 Å². The number of rotatable bonds is 5. The molecule has 5 heteroatoms. The zero-order valence-corrected chi connectivity index (χ0v) is 12.7. The number of hydrogen-bond acceptors (Lipinski definition) is 4. The largest absolute Gasteiger partial charge is 0.495 e. The monoisotopic (exact) mass is 328 g/mol. The first kappa shape index (κ1) is 14.3. The third-order valence-corrected chi connectivity index (χ3v) is 3.97. The van der Waals surface area contributed by atoms with Crippen molar-refractivity contribution in [2.75, 3.05) is 20.8 Å². The average molecular weight is 329 g/mol. The lowest BCUT2D eigenvalue weighted by Gasteiger charge is -2.14. The Morgan fingerprint density at radius 2 is 2.21 bits per heavy atom. The Bertz CT molecular complexity index is 467. The molecule has 1 aromatic carbocycles. The van der Waals surface area contributed by atoms with Crippen molar-refractivity contribution in [2.45, 2.75) is 25.4 Å². The zero-order chi connectivity index (χ0) is 13.8. The van der Waals surface area contributed by atoms with Crippen molar-refractivity contribution in [3.05, 3.63) is 22.2 Å². The molecule has 1 aliphatic heterocycles. The van der Waals surface area contributed by atoms with Crippen molar-refractivity contribution < 1.29 is 19.0 Å². The Kier molecular flexibility index (Phi) is 4.82. The number of ether oxygens (including phenoxy) is 3. The number of Topliss-reactive ketones (excluding diaryl/α,β-unsaturated/α-hetero) is 1. The topological polar surface area (TPSA) is 44.8 Å². The standard InChI is InChI=1S/C14H17BrO4/c1-17-12-6-5-10(14(18-2)13(12)15)11(16)8-9-4-3-7-19-9/h5-6,9H,3-4,7-8H2,1-2H3. The van der Waals surface area contributed by atoms with E-state index in [4.69, 9.17) is 14.2 Å². The minimum Gasteiger partial charge on any atom is -0.495 e. The van der Waals surface area contributed by atoms with Crippen molar-refractivity contribution in [1.29, 1.82) is 0 Å². The van der Waals surface area contributed by atoms with E-state index in [0.29, 0.717) is 28.0 Å². The highest BCUT2D eigenvalue weighted by Gasteiger charge is 2.23. The summed E-state index contributed by atoms with van der Waals surface area (Å²) in [6, 6.07) is 3.50. The normalized spacial score (nSPS) is 18.4. The van der Waals surface area contributed by atoms with Gasteiger partial charge in [0, 0.05) is 13.0 Å². The molecule has 0 amide bonds. The van der Waals surface area contributed by atoms with Crippen molar-refractivity contribution in [3.63, 3.8) is 0 Å². The highest BCUT2D eigenvalue weighted by molar-refractivity contribution is 9.10. The number of methoxy groups -OCH3 is 2. The molecular formula is C14H17BrO4. The lowest BCUT2D eigenvalue weighted by molar-refractivity contribution is 0.0773. The fraction of sp³-hybridized carbons (Fsp3) is 0.500. The van der Waals surface area contributed by atoms with Gasteiger partial charge in [-0.05, 0) is 40.9 Å². The van der Waals surface area contributed by atoms with Crippen molar-refractivity contribution in [2.24, 2.45) is 0 Å². The predicted molar refractivity (Wildman–Crippen MR) is 75.2 cm³/mol. The minimum absolute atomic E-state index is 0.0344. The maximum Gasteiger partial charge on any atom is 0.169 e. The second-order valence-corrected chi connectivity index (χ2v) is 5.22. The number of carbonyl (C=O) groups excluding carboxylic acids is 1. The Hall–Kier alpha value is -1.07. The second-order valence-electron chi connectivity index (χ2n) is 4.42. The molecular weight excluding hydrogens is 312 g/mol. The number of ketones is 1. The summed E-state index contributed by atoms with van der Waals surface area (Å²) in [5.74, 6) is 1.19. The Morgan fingerprint density at radius 3 is 2.79 bits per heavy atom. The average Bonchev–Trinajstić information content (AvgIpc) is 2.91. The van der Waals surface area contributed by atoms with Crippen molar-refractivity contribution >= 4 is 21.7 Å². The molecule has 1 fully saturated rings. The molecule has 0 saturated carbocycles. The smallest absolute Gasteiger partial charge is 0.169 e. The molecule has 1 aromatic rings. The number of carbonyl (C=O) groups is 1. The van der Waals surface area contributed by atoms with E-state index >= 15 is 0 Å². The van der Waals surface area contributed by atoms with Crippen LogP contribution >= 0.6 is 15.9 Å². The van der Waals surface area contributed by atoms with Gasteiger partial charge in [0.25, 0.3) is 0 Å². The van der Waals surface area contributed by atoms with Gasteiger partial charge in [-0.1, -0.05) is 0 Å². The summed E-state index contributed by atoms with van der Waals surface area (Å²) in [6.07, 6.45) is 2.42. The van der Waals surface area contributed by atoms with Gasteiger partial charge < -0.3 is 14.2 Å². The van der Waals surface area contributed by atoms with Crippen LogP contribution in [0.3, 0.4) is 0 Å². The molecule has 0 N–H and O–H groups in total. The van der Waals surface area contributed by atoms with Gasteiger partial charge in [-0.2, -0.15) is 0 Å². The molecule has 0 radical (unpaired) electrons. The molecule has 0 bridgehead atoms. The number of benzene rings is 1.